The molecular weight excluding hydrogens is 242 g/mol. The van der Waals surface area contributed by atoms with Gasteiger partial charge < -0.3 is 10.0 Å². The Balaban J connectivity index is 2.47. The molecule has 0 radical (unpaired) electrons. The van der Waals surface area contributed by atoms with Crippen molar-refractivity contribution in [3.63, 3.8) is 0 Å². The van der Waals surface area contributed by atoms with Gasteiger partial charge in [-0.05, 0) is 24.3 Å². The van der Waals surface area contributed by atoms with Gasteiger partial charge in [-0.25, -0.2) is 4.79 Å². The Morgan fingerprint density at radius 1 is 1.63 bits per heavy atom. The monoisotopic (exact) mass is 259 g/mol. The number of nitriles is 1. The first-order valence-corrected chi connectivity index (χ1v) is 6.31. The van der Waals surface area contributed by atoms with Gasteiger partial charge in [0.25, 0.3) is 0 Å². The number of rotatable bonds is 2. The minimum Gasteiger partial charge on any atom is -0.480 e. The van der Waals surface area contributed by atoms with Gasteiger partial charge >= 0.3 is 5.97 Å². The molecule has 100 valence electrons. The molecule has 1 saturated heterocycles. The number of aliphatic carboxylic acids is 1. The smallest absolute Gasteiger partial charge is 0.326 e. The minimum absolute atomic E-state index is 0.327. The van der Waals surface area contributed by atoms with E-state index < -0.39 is 12.0 Å². The molecule has 1 atom stereocenters. The Labute approximate surface area is 112 Å². The number of aromatic nitrogens is 1. The Hall–Kier alpha value is -2.09. The van der Waals surface area contributed by atoms with Gasteiger partial charge in [0.05, 0.1) is 17.4 Å². The lowest BCUT2D eigenvalue weighted by Gasteiger charge is -2.45. The number of carboxylic acid groups (broad SMARTS) is 1. The first kappa shape index (κ1) is 13.3. The molecule has 0 bridgehead atoms. The fraction of sp³-hybridized carbons (Fsp3) is 0.500. The Morgan fingerprint density at radius 3 is 3.00 bits per heavy atom. The number of pyridine rings is 1. The van der Waals surface area contributed by atoms with Crippen LogP contribution in [0.15, 0.2) is 18.5 Å². The average Bonchev–Trinajstić information content (AvgIpc) is 2.36. The summed E-state index contributed by atoms with van der Waals surface area (Å²) in [7, 11) is 0. The van der Waals surface area contributed by atoms with Gasteiger partial charge in [-0.15, -0.1) is 0 Å². The van der Waals surface area contributed by atoms with Crippen molar-refractivity contribution >= 4 is 11.7 Å². The van der Waals surface area contributed by atoms with Gasteiger partial charge in [0.2, 0.25) is 0 Å². The Morgan fingerprint density at radius 2 is 2.37 bits per heavy atom. The van der Waals surface area contributed by atoms with Crippen LogP contribution in [0.3, 0.4) is 0 Å². The summed E-state index contributed by atoms with van der Waals surface area (Å²) in [5.41, 5.74) is 0.760. The largest absolute Gasteiger partial charge is 0.480 e. The van der Waals surface area contributed by atoms with Gasteiger partial charge in [-0.3, -0.25) is 4.98 Å². The fourth-order valence-electron chi connectivity index (χ4n) is 2.83. The molecule has 19 heavy (non-hydrogen) atoms. The summed E-state index contributed by atoms with van der Waals surface area (Å²) >= 11 is 0. The molecule has 0 aliphatic carbocycles. The molecule has 0 spiro atoms. The zero-order chi connectivity index (χ0) is 14.0. The first-order valence-electron chi connectivity index (χ1n) is 6.31. The molecule has 1 fully saturated rings. The molecular formula is C14H17N3O2. The van der Waals surface area contributed by atoms with Gasteiger partial charge in [-0.1, -0.05) is 13.8 Å². The van der Waals surface area contributed by atoms with E-state index in [1.54, 1.807) is 23.4 Å². The second kappa shape index (κ2) is 4.88. The molecule has 2 heterocycles. The SMILES string of the molecule is CC1(C)CCCN(c2cnccc2C#N)C1C(=O)O. The third kappa shape index (κ3) is 2.39. The maximum atomic E-state index is 11.6. The number of carbonyl (C=O) groups is 1. The van der Waals surface area contributed by atoms with E-state index in [2.05, 4.69) is 11.1 Å². The van der Waals surface area contributed by atoms with Crippen LogP contribution in [0.5, 0.6) is 0 Å². The first-order chi connectivity index (χ1) is 8.97. The van der Waals surface area contributed by atoms with Crippen molar-refractivity contribution in [2.24, 2.45) is 5.41 Å². The van der Waals surface area contributed by atoms with Crippen LogP contribution in [0.1, 0.15) is 32.3 Å². The summed E-state index contributed by atoms with van der Waals surface area (Å²) in [6, 6.07) is 3.10. The van der Waals surface area contributed by atoms with Crippen molar-refractivity contribution in [1.82, 2.24) is 4.98 Å². The summed E-state index contributed by atoms with van der Waals surface area (Å²) in [5.74, 6) is -0.850. The number of anilines is 1. The third-order valence-electron chi connectivity index (χ3n) is 3.74. The molecule has 5 nitrogen and oxygen atoms in total. The summed E-state index contributed by atoms with van der Waals surface area (Å²) in [6.07, 6.45) is 4.90. The quantitative estimate of drug-likeness (QED) is 0.879. The maximum absolute atomic E-state index is 11.6. The minimum atomic E-state index is -0.850. The normalized spacial score (nSPS) is 21.7. The lowest BCUT2D eigenvalue weighted by Crippen LogP contribution is -2.54. The fourth-order valence-corrected chi connectivity index (χ4v) is 2.83. The molecule has 2 rings (SSSR count). The third-order valence-corrected chi connectivity index (χ3v) is 3.74. The van der Waals surface area contributed by atoms with Crippen molar-refractivity contribution < 1.29 is 9.90 Å². The van der Waals surface area contributed by atoms with Crippen LogP contribution in [-0.2, 0) is 4.79 Å². The van der Waals surface area contributed by atoms with Crippen molar-refractivity contribution in [3.8, 4) is 6.07 Å². The lowest BCUT2D eigenvalue weighted by atomic mass is 9.76. The van der Waals surface area contributed by atoms with Gasteiger partial charge in [0, 0.05) is 12.7 Å². The van der Waals surface area contributed by atoms with Crippen LogP contribution in [0.25, 0.3) is 0 Å². The van der Waals surface area contributed by atoms with Crippen molar-refractivity contribution in [2.45, 2.75) is 32.7 Å². The highest BCUT2D eigenvalue weighted by Gasteiger charge is 2.43. The molecule has 1 aromatic rings. The molecule has 0 aromatic carbocycles. The number of carboxylic acids is 1. The number of hydrogen-bond acceptors (Lipinski definition) is 4. The summed E-state index contributed by atoms with van der Waals surface area (Å²) < 4.78 is 0. The van der Waals surface area contributed by atoms with E-state index in [9.17, 15) is 9.90 Å². The van der Waals surface area contributed by atoms with Crippen molar-refractivity contribution in [3.05, 3.63) is 24.0 Å². The topological polar surface area (TPSA) is 77.2 Å². The molecule has 5 heteroatoms. The van der Waals surface area contributed by atoms with Crippen LogP contribution in [0, 0.1) is 16.7 Å². The molecule has 0 saturated carbocycles. The second-order valence-corrected chi connectivity index (χ2v) is 5.53. The highest BCUT2D eigenvalue weighted by Crippen LogP contribution is 2.38. The molecule has 1 aliphatic heterocycles. The standard InChI is InChI=1S/C14H17N3O2/c1-14(2)5-3-7-17(12(14)13(18)19)11-9-16-6-4-10(11)8-15/h4,6,9,12H,3,5,7H2,1-2H3,(H,18,19). The summed E-state index contributed by atoms with van der Waals surface area (Å²) in [4.78, 5) is 17.4. The molecule has 1 unspecified atom stereocenters. The van der Waals surface area contributed by atoms with E-state index in [0.29, 0.717) is 17.8 Å². The predicted molar refractivity (Wildman–Crippen MR) is 70.7 cm³/mol. The van der Waals surface area contributed by atoms with E-state index in [4.69, 9.17) is 5.26 Å². The van der Waals surface area contributed by atoms with Crippen molar-refractivity contribution in [2.75, 3.05) is 11.4 Å². The zero-order valence-corrected chi connectivity index (χ0v) is 11.1. The maximum Gasteiger partial charge on any atom is 0.326 e. The van der Waals surface area contributed by atoms with Crippen LogP contribution in [-0.4, -0.2) is 28.6 Å². The number of nitrogens with zero attached hydrogens (tertiary/aromatic N) is 3. The van der Waals surface area contributed by atoms with Crippen LogP contribution < -0.4 is 4.90 Å². The average molecular weight is 259 g/mol. The van der Waals surface area contributed by atoms with E-state index >= 15 is 0 Å². The van der Waals surface area contributed by atoms with Crippen LogP contribution in [0.2, 0.25) is 0 Å². The van der Waals surface area contributed by atoms with Crippen molar-refractivity contribution in [1.29, 1.82) is 5.26 Å². The van der Waals surface area contributed by atoms with E-state index in [-0.39, 0.29) is 5.41 Å². The molecule has 0 amide bonds. The van der Waals surface area contributed by atoms with Gasteiger partial charge in [0.15, 0.2) is 0 Å². The molecule has 1 aliphatic rings. The number of hydrogen-bond donors (Lipinski definition) is 1. The lowest BCUT2D eigenvalue weighted by molar-refractivity contribution is -0.142. The molecule has 1 N–H and O–H groups in total. The zero-order valence-electron chi connectivity index (χ0n) is 11.1. The summed E-state index contributed by atoms with van der Waals surface area (Å²) in [6.45, 7) is 4.56. The van der Waals surface area contributed by atoms with Crippen LogP contribution in [0.4, 0.5) is 5.69 Å². The Bertz CT molecular complexity index is 534. The highest BCUT2D eigenvalue weighted by atomic mass is 16.4. The van der Waals surface area contributed by atoms with Gasteiger partial charge in [0.1, 0.15) is 12.1 Å². The van der Waals surface area contributed by atoms with E-state index in [1.807, 2.05) is 13.8 Å². The van der Waals surface area contributed by atoms with E-state index in [0.717, 1.165) is 12.8 Å². The summed E-state index contributed by atoms with van der Waals surface area (Å²) in [5, 5.41) is 18.7. The number of piperidine rings is 1. The predicted octanol–water partition coefficient (Wildman–Crippen LogP) is 2.03. The van der Waals surface area contributed by atoms with Gasteiger partial charge in [-0.2, -0.15) is 5.26 Å². The van der Waals surface area contributed by atoms with Crippen LogP contribution >= 0.6 is 0 Å². The Kier molecular flexibility index (Phi) is 3.43. The molecule has 1 aromatic heterocycles. The van der Waals surface area contributed by atoms with E-state index in [1.165, 1.54) is 0 Å². The second-order valence-electron chi connectivity index (χ2n) is 5.53. The highest BCUT2D eigenvalue weighted by molar-refractivity contribution is 5.80.